The summed E-state index contributed by atoms with van der Waals surface area (Å²) in [6, 6.07) is 17.9. The molecule has 0 spiro atoms. The van der Waals surface area contributed by atoms with Crippen molar-refractivity contribution in [3.05, 3.63) is 71.5 Å². The Kier molecular flexibility index (Phi) is 4.32. The van der Waals surface area contributed by atoms with Crippen molar-refractivity contribution in [1.29, 1.82) is 0 Å². The maximum atomic E-state index is 12.8. The number of rotatable bonds is 4. The van der Waals surface area contributed by atoms with Gasteiger partial charge in [-0.1, -0.05) is 24.3 Å². The third-order valence-electron chi connectivity index (χ3n) is 4.47. The third kappa shape index (κ3) is 3.07. The number of anilines is 1. The van der Waals surface area contributed by atoms with Gasteiger partial charge < -0.3 is 5.32 Å². The van der Waals surface area contributed by atoms with Crippen molar-refractivity contribution in [3.8, 4) is 5.69 Å². The lowest BCUT2D eigenvalue weighted by atomic mass is 10.2. The zero-order chi connectivity index (χ0) is 17.2. The second kappa shape index (κ2) is 6.76. The van der Waals surface area contributed by atoms with E-state index < -0.39 is 0 Å². The van der Waals surface area contributed by atoms with E-state index in [9.17, 15) is 4.79 Å². The Bertz CT molecular complexity index is 918. The average Bonchev–Trinajstić information content (AvgIpc) is 3.25. The number of carbonyl (C=O) groups excluding carboxylic acids is 1. The molecule has 0 unspecified atom stereocenters. The predicted molar refractivity (Wildman–Crippen MR) is 102 cm³/mol. The highest BCUT2D eigenvalue weighted by atomic mass is 32.2. The van der Waals surface area contributed by atoms with Gasteiger partial charge in [0.25, 0.3) is 5.91 Å². The molecule has 1 aliphatic carbocycles. The summed E-state index contributed by atoms with van der Waals surface area (Å²) in [5.41, 5.74) is 4.60. The summed E-state index contributed by atoms with van der Waals surface area (Å²) in [5, 5.41) is 7.64. The number of nitrogens with zero attached hydrogens (tertiary/aromatic N) is 2. The van der Waals surface area contributed by atoms with Crippen molar-refractivity contribution in [2.45, 2.75) is 24.2 Å². The summed E-state index contributed by atoms with van der Waals surface area (Å²) in [6.45, 7) is 0. The van der Waals surface area contributed by atoms with Crippen LogP contribution in [-0.2, 0) is 12.8 Å². The summed E-state index contributed by atoms with van der Waals surface area (Å²) in [6.07, 6.45) is 4.97. The number of nitrogens with one attached hydrogen (secondary N) is 1. The van der Waals surface area contributed by atoms with Gasteiger partial charge in [0.15, 0.2) is 5.69 Å². The molecule has 1 heterocycles. The molecule has 5 heteroatoms. The van der Waals surface area contributed by atoms with Crippen LogP contribution in [0.15, 0.2) is 59.5 Å². The summed E-state index contributed by atoms with van der Waals surface area (Å²) in [4.78, 5) is 13.9. The first-order valence-electron chi connectivity index (χ1n) is 8.38. The standard InChI is InChI=1S/C20H19N3OS/c1-25-16-10-5-7-14(13-16)21-20(24)19-17-11-6-12-18(17)23(22-19)15-8-3-2-4-9-15/h2-5,7-10,13H,6,11-12H2,1H3,(H,21,24). The van der Waals surface area contributed by atoms with E-state index in [1.165, 1.54) is 0 Å². The molecule has 0 atom stereocenters. The van der Waals surface area contributed by atoms with Gasteiger partial charge in [-0.25, -0.2) is 4.68 Å². The molecule has 126 valence electrons. The van der Waals surface area contributed by atoms with Gasteiger partial charge in [0.05, 0.1) is 5.69 Å². The van der Waals surface area contributed by atoms with Gasteiger partial charge in [0.1, 0.15) is 0 Å². The number of hydrogen-bond acceptors (Lipinski definition) is 3. The molecule has 0 aliphatic heterocycles. The summed E-state index contributed by atoms with van der Waals surface area (Å²) < 4.78 is 1.93. The van der Waals surface area contributed by atoms with Crippen LogP contribution in [0.1, 0.15) is 28.2 Å². The van der Waals surface area contributed by atoms with Crippen LogP contribution in [0.25, 0.3) is 5.69 Å². The monoisotopic (exact) mass is 349 g/mol. The number of carbonyl (C=O) groups is 1. The molecular formula is C20H19N3OS. The Balaban J connectivity index is 1.67. The van der Waals surface area contributed by atoms with Crippen molar-refractivity contribution in [2.75, 3.05) is 11.6 Å². The zero-order valence-electron chi connectivity index (χ0n) is 14.0. The zero-order valence-corrected chi connectivity index (χ0v) is 14.8. The van der Waals surface area contributed by atoms with E-state index >= 15 is 0 Å². The molecule has 2 aromatic carbocycles. The van der Waals surface area contributed by atoms with Crippen molar-refractivity contribution in [3.63, 3.8) is 0 Å². The van der Waals surface area contributed by atoms with Crippen LogP contribution < -0.4 is 5.32 Å². The Hall–Kier alpha value is -2.53. The van der Waals surface area contributed by atoms with Crippen molar-refractivity contribution >= 4 is 23.4 Å². The lowest BCUT2D eigenvalue weighted by Gasteiger charge is -2.06. The lowest BCUT2D eigenvalue weighted by Crippen LogP contribution is -2.15. The van der Waals surface area contributed by atoms with E-state index in [2.05, 4.69) is 10.4 Å². The van der Waals surface area contributed by atoms with Gasteiger partial charge in [-0.05, 0) is 55.9 Å². The van der Waals surface area contributed by atoms with Gasteiger partial charge in [0, 0.05) is 21.8 Å². The van der Waals surface area contributed by atoms with E-state index in [1.54, 1.807) is 11.8 Å². The van der Waals surface area contributed by atoms with E-state index in [4.69, 9.17) is 0 Å². The van der Waals surface area contributed by atoms with E-state index in [1.807, 2.05) is 65.5 Å². The highest BCUT2D eigenvalue weighted by Gasteiger charge is 2.26. The largest absolute Gasteiger partial charge is 0.321 e. The Morgan fingerprint density at radius 3 is 2.76 bits per heavy atom. The van der Waals surface area contributed by atoms with E-state index in [0.29, 0.717) is 5.69 Å². The predicted octanol–water partition coefficient (Wildman–Crippen LogP) is 4.34. The van der Waals surface area contributed by atoms with Gasteiger partial charge >= 0.3 is 0 Å². The van der Waals surface area contributed by atoms with Crippen molar-refractivity contribution in [1.82, 2.24) is 9.78 Å². The second-order valence-corrected chi connectivity index (χ2v) is 6.94. The first-order chi connectivity index (χ1) is 12.3. The summed E-state index contributed by atoms with van der Waals surface area (Å²) >= 11 is 1.66. The van der Waals surface area contributed by atoms with Crippen LogP contribution in [0.4, 0.5) is 5.69 Å². The van der Waals surface area contributed by atoms with Crippen LogP contribution in [0.5, 0.6) is 0 Å². The fraction of sp³-hybridized carbons (Fsp3) is 0.200. The van der Waals surface area contributed by atoms with Crippen LogP contribution in [-0.4, -0.2) is 21.9 Å². The summed E-state index contributed by atoms with van der Waals surface area (Å²) in [5.74, 6) is -0.133. The second-order valence-electron chi connectivity index (χ2n) is 6.06. The maximum Gasteiger partial charge on any atom is 0.276 e. The normalized spacial score (nSPS) is 12.8. The molecule has 3 aromatic rings. The van der Waals surface area contributed by atoms with Gasteiger partial charge in [-0.2, -0.15) is 5.10 Å². The molecule has 0 saturated heterocycles. The van der Waals surface area contributed by atoms with Crippen LogP contribution in [0.3, 0.4) is 0 Å². The van der Waals surface area contributed by atoms with Crippen LogP contribution in [0.2, 0.25) is 0 Å². The first-order valence-corrected chi connectivity index (χ1v) is 9.60. The Labute approximate surface area is 151 Å². The highest BCUT2D eigenvalue weighted by molar-refractivity contribution is 7.98. The quantitative estimate of drug-likeness (QED) is 0.713. The fourth-order valence-corrected chi connectivity index (χ4v) is 3.75. The van der Waals surface area contributed by atoms with Gasteiger partial charge in [-0.3, -0.25) is 4.79 Å². The van der Waals surface area contributed by atoms with Gasteiger partial charge in [0.2, 0.25) is 0 Å². The molecule has 0 fully saturated rings. The number of para-hydroxylation sites is 1. The van der Waals surface area contributed by atoms with E-state index in [0.717, 1.165) is 46.8 Å². The minimum absolute atomic E-state index is 0.133. The summed E-state index contributed by atoms with van der Waals surface area (Å²) in [7, 11) is 0. The fourth-order valence-electron chi connectivity index (χ4n) is 3.29. The number of amides is 1. The van der Waals surface area contributed by atoms with Gasteiger partial charge in [-0.15, -0.1) is 11.8 Å². The molecule has 4 rings (SSSR count). The smallest absolute Gasteiger partial charge is 0.276 e. The Morgan fingerprint density at radius 2 is 1.96 bits per heavy atom. The number of fused-ring (bicyclic) bond motifs is 1. The minimum atomic E-state index is -0.133. The molecule has 1 aliphatic rings. The number of hydrogen-bond donors (Lipinski definition) is 1. The van der Waals surface area contributed by atoms with Crippen LogP contribution in [0, 0.1) is 0 Å². The third-order valence-corrected chi connectivity index (χ3v) is 5.20. The Morgan fingerprint density at radius 1 is 1.12 bits per heavy atom. The molecule has 1 aromatic heterocycles. The van der Waals surface area contributed by atoms with E-state index in [-0.39, 0.29) is 5.91 Å². The maximum absolute atomic E-state index is 12.8. The molecular weight excluding hydrogens is 330 g/mol. The minimum Gasteiger partial charge on any atom is -0.321 e. The molecule has 1 amide bonds. The van der Waals surface area contributed by atoms with Crippen LogP contribution >= 0.6 is 11.8 Å². The topological polar surface area (TPSA) is 46.9 Å². The molecule has 1 N–H and O–H groups in total. The number of benzene rings is 2. The van der Waals surface area contributed by atoms with Crippen molar-refractivity contribution in [2.24, 2.45) is 0 Å². The molecule has 0 bridgehead atoms. The molecule has 0 saturated carbocycles. The lowest BCUT2D eigenvalue weighted by molar-refractivity contribution is 0.102. The highest BCUT2D eigenvalue weighted by Crippen LogP contribution is 2.28. The number of thioether (sulfide) groups is 1. The molecule has 0 radical (unpaired) electrons. The first kappa shape index (κ1) is 16.0. The SMILES string of the molecule is CSc1cccc(NC(=O)c2nn(-c3ccccc3)c3c2CCC3)c1. The molecule has 4 nitrogen and oxygen atoms in total. The van der Waals surface area contributed by atoms with Crippen molar-refractivity contribution < 1.29 is 4.79 Å². The molecule has 25 heavy (non-hydrogen) atoms. The average molecular weight is 349 g/mol. The number of aromatic nitrogens is 2.